The average Bonchev–Trinajstić information content (AvgIpc) is 2.62. The summed E-state index contributed by atoms with van der Waals surface area (Å²) in [7, 11) is 0. The molecule has 2 aliphatic rings. The maximum absolute atomic E-state index is 12.0. The monoisotopic (exact) mass is 253 g/mol. The second-order valence-corrected chi connectivity index (χ2v) is 6.31. The normalized spacial score (nSPS) is 35.8. The van der Waals surface area contributed by atoms with E-state index < -0.39 is 5.97 Å². The van der Waals surface area contributed by atoms with E-state index in [0.29, 0.717) is 17.8 Å². The number of fused-ring (bicyclic) bond motifs is 1. The van der Waals surface area contributed by atoms with Gasteiger partial charge < -0.3 is 10.4 Å². The second kappa shape index (κ2) is 4.90. The predicted molar refractivity (Wildman–Crippen MR) is 67.9 cm³/mol. The van der Waals surface area contributed by atoms with Gasteiger partial charge in [0.25, 0.3) is 0 Å². The van der Waals surface area contributed by atoms with Crippen LogP contribution in [0, 0.1) is 29.6 Å². The molecule has 2 rings (SSSR count). The van der Waals surface area contributed by atoms with E-state index in [1.54, 1.807) is 0 Å². The molecule has 0 saturated heterocycles. The Kier molecular flexibility index (Phi) is 3.64. The number of carbonyl (C=O) groups is 2. The van der Waals surface area contributed by atoms with Crippen LogP contribution in [0.4, 0.5) is 0 Å². The highest BCUT2D eigenvalue weighted by Crippen LogP contribution is 2.49. The van der Waals surface area contributed by atoms with E-state index in [4.69, 9.17) is 5.11 Å². The van der Waals surface area contributed by atoms with Crippen molar-refractivity contribution in [1.29, 1.82) is 0 Å². The van der Waals surface area contributed by atoms with Gasteiger partial charge in [-0.3, -0.25) is 9.59 Å². The molecule has 5 unspecified atom stereocenters. The lowest BCUT2D eigenvalue weighted by Crippen LogP contribution is -2.52. The molecule has 2 N–H and O–H groups in total. The van der Waals surface area contributed by atoms with E-state index in [9.17, 15) is 9.59 Å². The molecule has 0 aromatic heterocycles. The summed E-state index contributed by atoms with van der Waals surface area (Å²) < 4.78 is 0. The first kappa shape index (κ1) is 13.4. The molecule has 0 radical (unpaired) electrons. The summed E-state index contributed by atoms with van der Waals surface area (Å²) in [5.74, 6) is 0.541. The predicted octanol–water partition coefficient (Wildman–Crippen LogP) is 1.89. The molecule has 102 valence electrons. The fraction of sp³-hybridized carbons (Fsp3) is 0.857. The standard InChI is InChI=1S/C14H23NO3/c1-7(2)8(3)13(16)15-12-6-9-4-10(14(17)18)5-11(9)12/h7-12H,4-6H2,1-3H3,(H,15,16)(H,17,18). The zero-order valence-corrected chi connectivity index (χ0v) is 11.3. The minimum atomic E-state index is -0.676. The Morgan fingerprint density at radius 3 is 2.39 bits per heavy atom. The molecule has 4 heteroatoms. The van der Waals surface area contributed by atoms with Gasteiger partial charge in [0.05, 0.1) is 5.92 Å². The van der Waals surface area contributed by atoms with E-state index >= 15 is 0 Å². The highest BCUT2D eigenvalue weighted by Gasteiger charge is 2.50. The summed E-state index contributed by atoms with van der Waals surface area (Å²) in [6.45, 7) is 6.04. The van der Waals surface area contributed by atoms with Crippen molar-refractivity contribution in [3.63, 3.8) is 0 Å². The third-order valence-corrected chi connectivity index (χ3v) is 4.91. The number of amides is 1. The van der Waals surface area contributed by atoms with Crippen molar-refractivity contribution >= 4 is 11.9 Å². The number of hydrogen-bond acceptors (Lipinski definition) is 2. The van der Waals surface area contributed by atoms with Gasteiger partial charge in [0.2, 0.25) is 5.91 Å². The SMILES string of the molecule is CC(C)C(C)C(=O)NC1CC2CC(C(=O)O)CC21. The zero-order valence-electron chi connectivity index (χ0n) is 11.3. The fourth-order valence-electron chi connectivity index (χ4n) is 3.21. The lowest BCUT2D eigenvalue weighted by atomic mass is 9.71. The van der Waals surface area contributed by atoms with Crippen LogP contribution >= 0.6 is 0 Å². The second-order valence-electron chi connectivity index (χ2n) is 6.31. The third-order valence-electron chi connectivity index (χ3n) is 4.91. The first-order chi connectivity index (χ1) is 8.40. The molecule has 0 aromatic rings. The van der Waals surface area contributed by atoms with Crippen molar-refractivity contribution in [2.75, 3.05) is 0 Å². The van der Waals surface area contributed by atoms with Gasteiger partial charge in [-0.1, -0.05) is 20.8 Å². The molecule has 0 aromatic carbocycles. The van der Waals surface area contributed by atoms with Gasteiger partial charge in [-0.15, -0.1) is 0 Å². The molecule has 4 nitrogen and oxygen atoms in total. The fourth-order valence-corrected chi connectivity index (χ4v) is 3.21. The van der Waals surface area contributed by atoms with Crippen LogP contribution in [0.25, 0.3) is 0 Å². The molecule has 1 amide bonds. The van der Waals surface area contributed by atoms with Gasteiger partial charge in [-0.2, -0.15) is 0 Å². The number of rotatable bonds is 4. The average molecular weight is 253 g/mol. The first-order valence-electron chi connectivity index (χ1n) is 6.93. The van der Waals surface area contributed by atoms with Crippen molar-refractivity contribution < 1.29 is 14.7 Å². The Morgan fingerprint density at radius 2 is 1.83 bits per heavy atom. The number of carbonyl (C=O) groups excluding carboxylic acids is 1. The Morgan fingerprint density at radius 1 is 1.17 bits per heavy atom. The molecular formula is C14H23NO3. The van der Waals surface area contributed by atoms with E-state index in [2.05, 4.69) is 5.32 Å². The molecule has 2 fully saturated rings. The Hall–Kier alpha value is -1.06. The van der Waals surface area contributed by atoms with Gasteiger partial charge in [0.1, 0.15) is 0 Å². The van der Waals surface area contributed by atoms with Crippen molar-refractivity contribution in [2.24, 2.45) is 29.6 Å². The van der Waals surface area contributed by atoms with Crippen molar-refractivity contribution in [3.05, 3.63) is 0 Å². The summed E-state index contributed by atoms with van der Waals surface area (Å²) in [5, 5.41) is 12.1. The number of carboxylic acid groups (broad SMARTS) is 1. The van der Waals surface area contributed by atoms with Crippen LogP contribution in [0.5, 0.6) is 0 Å². The van der Waals surface area contributed by atoms with E-state index in [1.165, 1.54) is 0 Å². The minimum Gasteiger partial charge on any atom is -0.481 e. The quantitative estimate of drug-likeness (QED) is 0.804. The van der Waals surface area contributed by atoms with Gasteiger partial charge in [0.15, 0.2) is 0 Å². The number of hydrogen-bond donors (Lipinski definition) is 2. The van der Waals surface area contributed by atoms with Crippen LogP contribution in [0.2, 0.25) is 0 Å². The first-order valence-corrected chi connectivity index (χ1v) is 6.93. The highest BCUT2D eigenvalue weighted by atomic mass is 16.4. The van der Waals surface area contributed by atoms with Crippen LogP contribution in [0.3, 0.4) is 0 Å². The summed E-state index contributed by atoms with van der Waals surface area (Å²) in [6, 6.07) is 0.216. The number of nitrogens with one attached hydrogen (secondary N) is 1. The molecule has 0 spiro atoms. The lowest BCUT2D eigenvalue weighted by molar-refractivity contribution is -0.141. The topological polar surface area (TPSA) is 66.4 Å². The van der Waals surface area contributed by atoms with Gasteiger partial charge >= 0.3 is 5.97 Å². The highest BCUT2D eigenvalue weighted by molar-refractivity contribution is 5.79. The minimum absolute atomic E-state index is 0.0284. The van der Waals surface area contributed by atoms with E-state index in [1.807, 2.05) is 20.8 Å². The number of carboxylic acids is 1. The van der Waals surface area contributed by atoms with E-state index in [0.717, 1.165) is 19.3 Å². The third kappa shape index (κ3) is 2.38. The zero-order chi connectivity index (χ0) is 13.4. The Labute approximate surface area is 108 Å². The molecular weight excluding hydrogens is 230 g/mol. The maximum atomic E-state index is 12.0. The van der Waals surface area contributed by atoms with Gasteiger partial charge in [-0.05, 0) is 37.0 Å². The van der Waals surface area contributed by atoms with Crippen molar-refractivity contribution in [2.45, 2.75) is 46.1 Å². The van der Waals surface area contributed by atoms with Crippen LogP contribution < -0.4 is 5.32 Å². The molecule has 2 aliphatic carbocycles. The van der Waals surface area contributed by atoms with Gasteiger partial charge in [-0.25, -0.2) is 0 Å². The van der Waals surface area contributed by atoms with Crippen LogP contribution in [-0.4, -0.2) is 23.0 Å². The molecule has 2 saturated carbocycles. The van der Waals surface area contributed by atoms with Crippen LogP contribution in [0.1, 0.15) is 40.0 Å². The molecule has 18 heavy (non-hydrogen) atoms. The summed E-state index contributed by atoms with van der Waals surface area (Å²) in [4.78, 5) is 22.9. The smallest absolute Gasteiger partial charge is 0.306 e. The Balaban J connectivity index is 1.84. The summed E-state index contributed by atoms with van der Waals surface area (Å²) >= 11 is 0. The summed E-state index contributed by atoms with van der Waals surface area (Å²) in [5.41, 5.74) is 0. The van der Waals surface area contributed by atoms with E-state index in [-0.39, 0.29) is 23.8 Å². The molecule has 5 atom stereocenters. The number of aliphatic carboxylic acids is 1. The summed E-state index contributed by atoms with van der Waals surface area (Å²) in [6.07, 6.45) is 2.50. The lowest BCUT2D eigenvalue weighted by Gasteiger charge is -2.41. The molecule has 0 bridgehead atoms. The molecule has 0 aliphatic heterocycles. The maximum Gasteiger partial charge on any atom is 0.306 e. The van der Waals surface area contributed by atoms with Crippen molar-refractivity contribution in [1.82, 2.24) is 5.32 Å². The van der Waals surface area contributed by atoms with Crippen LogP contribution in [0.15, 0.2) is 0 Å². The van der Waals surface area contributed by atoms with Crippen molar-refractivity contribution in [3.8, 4) is 0 Å². The Bertz CT molecular complexity index is 353. The molecule has 0 heterocycles. The van der Waals surface area contributed by atoms with Crippen LogP contribution in [-0.2, 0) is 9.59 Å². The van der Waals surface area contributed by atoms with Gasteiger partial charge in [0, 0.05) is 12.0 Å². The largest absolute Gasteiger partial charge is 0.481 e.